The molecule has 16 heavy (non-hydrogen) atoms. The summed E-state index contributed by atoms with van der Waals surface area (Å²) in [6.07, 6.45) is 3.91. The second-order valence-corrected chi connectivity index (χ2v) is 5.01. The first-order chi connectivity index (χ1) is 7.61. The first kappa shape index (κ1) is 10.9. The van der Waals surface area contributed by atoms with Gasteiger partial charge in [-0.15, -0.1) is 0 Å². The number of hydrogen-bond donors (Lipinski definition) is 1. The van der Waals surface area contributed by atoms with Crippen molar-refractivity contribution in [2.24, 2.45) is 5.41 Å². The van der Waals surface area contributed by atoms with E-state index in [1.54, 1.807) is 6.07 Å². The van der Waals surface area contributed by atoms with E-state index in [0.29, 0.717) is 11.0 Å². The quantitative estimate of drug-likeness (QED) is 0.843. The molecule has 0 atom stereocenters. The Labute approximate surface area is 96.5 Å². The second-order valence-electron chi connectivity index (χ2n) is 5.01. The van der Waals surface area contributed by atoms with Crippen LogP contribution in [0.4, 0.5) is 5.82 Å². The Morgan fingerprint density at radius 2 is 2.25 bits per heavy atom. The maximum atomic E-state index is 8.87. The molecule has 1 heterocycles. The van der Waals surface area contributed by atoms with E-state index in [4.69, 9.17) is 5.26 Å². The van der Waals surface area contributed by atoms with E-state index in [2.05, 4.69) is 23.3 Å². The van der Waals surface area contributed by atoms with E-state index in [9.17, 15) is 0 Å². The number of nitrogens with zero attached hydrogens (tertiary/aromatic N) is 2. The van der Waals surface area contributed by atoms with Crippen LogP contribution in [-0.2, 0) is 0 Å². The molecule has 3 heteroatoms. The molecule has 0 unspecified atom stereocenters. The highest BCUT2D eigenvalue weighted by Crippen LogP contribution is 2.40. The molecule has 1 N–H and O–H groups in total. The highest BCUT2D eigenvalue weighted by atomic mass is 15.0. The lowest BCUT2D eigenvalue weighted by atomic mass is 9.70. The molecule has 1 aromatic heterocycles. The smallest absolute Gasteiger partial charge is 0.127 e. The predicted molar refractivity (Wildman–Crippen MR) is 64.1 cm³/mol. The molecular weight excluding hydrogens is 198 g/mol. The summed E-state index contributed by atoms with van der Waals surface area (Å²) in [5.41, 5.74) is 1.99. The Hall–Kier alpha value is -1.56. The molecule has 2 rings (SSSR count). The fourth-order valence-electron chi connectivity index (χ4n) is 2.08. The molecule has 0 amide bonds. The average Bonchev–Trinajstić information content (AvgIpc) is 2.23. The van der Waals surface area contributed by atoms with Crippen LogP contribution in [-0.4, -0.2) is 11.5 Å². The zero-order valence-electron chi connectivity index (χ0n) is 9.88. The monoisotopic (exact) mass is 215 g/mol. The molecule has 0 radical (unpaired) electrons. The Kier molecular flexibility index (Phi) is 2.82. The van der Waals surface area contributed by atoms with Gasteiger partial charge in [0, 0.05) is 12.2 Å². The maximum Gasteiger partial charge on any atom is 0.127 e. The van der Waals surface area contributed by atoms with Crippen LogP contribution >= 0.6 is 0 Å². The number of anilines is 1. The Bertz CT molecular complexity index is 427. The van der Waals surface area contributed by atoms with Crippen molar-refractivity contribution >= 4 is 5.82 Å². The number of aryl methyl sites for hydroxylation is 1. The van der Waals surface area contributed by atoms with E-state index in [-0.39, 0.29) is 0 Å². The maximum absolute atomic E-state index is 8.87. The molecule has 1 fully saturated rings. The lowest BCUT2D eigenvalue weighted by Crippen LogP contribution is -2.33. The Morgan fingerprint density at radius 3 is 2.81 bits per heavy atom. The van der Waals surface area contributed by atoms with Gasteiger partial charge in [-0.1, -0.05) is 13.3 Å². The number of hydrogen-bond acceptors (Lipinski definition) is 3. The topological polar surface area (TPSA) is 48.7 Å². The van der Waals surface area contributed by atoms with Gasteiger partial charge in [0.2, 0.25) is 0 Å². The van der Waals surface area contributed by atoms with Gasteiger partial charge in [0.15, 0.2) is 0 Å². The Morgan fingerprint density at radius 1 is 1.50 bits per heavy atom. The van der Waals surface area contributed by atoms with Gasteiger partial charge in [-0.2, -0.15) is 5.26 Å². The predicted octanol–water partition coefficient (Wildman–Crippen LogP) is 2.86. The molecule has 1 aromatic rings. The number of rotatable bonds is 3. The van der Waals surface area contributed by atoms with Crippen LogP contribution in [0.15, 0.2) is 12.1 Å². The van der Waals surface area contributed by atoms with Gasteiger partial charge in [-0.3, -0.25) is 0 Å². The SMILES string of the molecule is Cc1cc(C#N)cc(NCC2(C)CCC2)n1. The zero-order valence-corrected chi connectivity index (χ0v) is 9.88. The summed E-state index contributed by atoms with van der Waals surface area (Å²) in [6.45, 7) is 5.16. The first-order valence-electron chi connectivity index (χ1n) is 5.74. The van der Waals surface area contributed by atoms with Crippen molar-refractivity contribution in [2.45, 2.75) is 33.1 Å². The van der Waals surface area contributed by atoms with Gasteiger partial charge in [0.1, 0.15) is 5.82 Å². The second kappa shape index (κ2) is 4.13. The third-order valence-corrected chi connectivity index (χ3v) is 3.34. The number of pyridine rings is 1. The third kappa shape index (κ3) is 2.33. The summed E-state index contributed by atoms with van der Waals surface area (Å²) in [5.74, 6) is 0.824. The van der Waals surface area contributed by atoms with E-state index in [1.807, 2.05) is 13.0 Å². The van der Waals surface area contributed by atoms with Crippen molar-refractivity contribution in [3.63, 3.8) is 0 Å². The summed E-state index contributed by atoms with van der Waals surface area (Å²) in [4.78, 5) is 4.38. The largest absolute Gasteiger partial charge is 0.369 e. The van der Waals surface area contributed by atoms with Crippen molar-refractivity contribution in [1.82, 2.24) is 4.98 Å². The molecule has 0 aromatic carbocycles. The van der Waals surface area contributed by atoms with Crippen LogP contribution in [0, 0.1) is 23.7 Å². The van der Waals surface area contributed by atoms with Gasteiger partial charge < -0.3 is 5.32 Å². The molecule has 0 spiro atoms. The minimum Gasteiger partial charge on any atom is -0.369 e. The molecule has 1 aliphatic rings. The summed E-state index contributed by atoms with van der Waals surface area (Å²) in [5, 5.41) is 12.2. The number of aromatic nitrogens is 1. The minimum absolute atomic E-state index is 0.429. The van der Waals surface area contributed by atoms with Crippen molar-refractivity contribution < 1.29 is 0 Å². The van der Waals surface area contributed by atoms with E-state index in [0.717, 1.165) is 18.1 Å². The molecule has 0 saturated heterocycles. The van der Waals surface area contributed by atoms with Crippen LogP contribution in [0.25, 0.3) is 0 Å². The number of nitrogens with one attached hydrogen (secondary N) is 1. The van der Waals surface area contributed by atoms with Crippen molar-refractivity contribution in [1.29, 1.82) is 5.26 Å². The first-order valence-corrected chi connectivity index (χ1v) is 5.74. The standard InChI is InChI=1S/C13H17N3/c1-10-6-11(8-14)7-12(16-10)15-9-13(2)4-3-5-13/h6-7H,3-5,9H2,1-2H3,(H,15,16). The van der Waals surface area contributed by atoms with E-state index >= 15 is 0 Å². The lowest BCUT2D eigenvalue weighted by molar-refractivity contribution is 0.180. The summed E-state index contributed by atoms with van der Waals surface area (Å²) < 4.78 is 0. The van der Waals surface area contributed by atoms with E-state index < -0.39 is 0 Å². The summed E-state index contributed by atoms with van der Waals surface area (Å²) >= 11 is 0. The zero-order chi connectivity index (χ0) is 11.6. The van der Waals surface area contributed by atoms with Crippen LogP contribution in [0.5, 0.6) is 0 Å². The van der Waals surface area contributed by atoms with Crippen LogP contribution in [0.3, 0.4) is 0 Å². The average molecular weight is 215 g/mol. The van der Waals surface area contributed by atoms with Gasteiger partial charge >= 0.3 is 0 Å². The molecule has 3 nitrogen and oxygen atoms in total. The molecule has 84 valence electrons. The summed E-state index contributed by atoms with van der Waals surface area (Å²) in [6, 6.07) is 5.77. The van der Waals surface area contributed by atoms with Crippen molar-refractivity contribution in [3.05, 3.63) is 23.4 Å². The molecular formula is C13H17N3. The normalized spacial score (nSPS) is 17.3. The van der Waals surface area contributed by atoms with Gasteiger partial charge in [0.25, 0.3) is 0 Å². The fourth-order valence-corrected chi connectivity index (χ4v) is 2.08. The number of nitriles is 1. The minimum atomic E-state index is 0.429. The molecule has 1 aliphatic carbocycles. The lowest BCUT2D eigenvalue weighted by Gasteiger charge is -2.38. The van der Waals surface area contributed by atoms with Crippen molar-refractivity contribution in [2.75, 3.05) is 11.9 Å². The highest BCUT2D eigenvalue weighted by molar-refractivity contribution is 5.44. The van der Waals surface area contributed by atoms with Crippen molar-refractivity contribution in [3.8, 4) is 6.07 Å². The van der Waals surface area contributed by atoms with Crippen LogP contribution in [0.2, 0.25) is 0 Å². The third-order valence-electron chi connectivity index (χ3n) is 3.34. The van der Waals surface area contributed by atoms with Gasteiger partial charge in [-0.05, 0) is 37.3 Å². The van der Waals surface area contributed by atoms with Gasteiger partial charge in [0.05, 0.1) is 11.6 Å². The summed E-state index contributed by atoms with van der Waals surface area (Å²) in [7, 11) is 0. The van der Waals surface area contributed by atoms with Gasteiger partial charge in [-0.25, -0.2) is 4.98 Å². The molecule has 0 bridgehead atoms. The highest BCUT2D eigenvalue weighted by Gasteiger charge is 2.31. The molecule has 1 saturated carbocycles. The fraction of sp³-hybridized carbons (Fsp3) is 0.538. The van der Waals surface area contributed by atoms with Crippen LogP contribution in [0.1, 0.15) is 37.4 Å². The molecule has 0 aliphatic heterocycles. The van der Waals surface area contributed by atoms with Crippen LogP contribution < -0.4 is 5.32 Å². The van der Waals surface area contributed by atoms with E-state index in [1.165, 1.54) is 19.3 Å². The Balaban J connectivity index is 2.04.